The minimum absolute atomic E-state index is 0.636. The maximum atomic E-state index is 4.10. The second-order valence-electron chi connectivity index (χ2n) is 13.3. The molecule has 0 saturated heterocycles. The van der Waals surface area contributed by atoms with Gasteiger partial charge in [-0.15, -0.1) is 6.58 Å². The summed E-state index contributed by atoms with van der Waals surface area (Å²) in [6.45, 7) is 17.0. The van der Waals surface area contributed by atoms with Gasteiger partial charge in [0, 0.05) is 0 Å². The van der Waals surface area contributed by atoms with E-state index in [4.69, 9.17) is 0 Å². The van der Waals surface area contributed by atoms with Crippen LogP contribution in [0.5, 0.6) is 0 Å². The van der Waals surface area contributed by atoms with Crippen LogP contribution in [0.15, 0.2) is 12.7 Å². The first-order valence-electron chi connectivity index (χ1n) is 13.9. The zero-order valence-electron chi connectivity index (χ0n) is 21.1. The van der Waals surface area contributed by atoms with Crippen molar-refractivity contribution in [1.29, 1.82) is 0 Å². The average molecular weight is 413 g/mol. The molecule has 0 heteroatoms. The molecule has 4 aliphatic rings. The van der Waals surface area contributed by atoms with E-state index in [1.165, 1.54) is 64.2 Å². The van der Waals surface area contributed by atoms with Crippen LogP contribution in [0.25, 0.3) is 0 Å². The summed E-state index contributed by atoms with van der Waals surface area (Å²) in [5.74, 6) is 7.84. The highest BCUT2D eigenvalue weighted by Gasteiger charge is 2.60. The highest BCUT2D eigenvalue weighted by Crippen LogP contribution is 2.69. The Hall–Kier alpha value is -0.260. The van der Waals surface area contributed by atoms with Crippen molar-refractivity contribution in [2.75, 3.05) is 0 Å². The van der Waals surface area contributed by atoms with Crippen LogP contribution in [0.4, 0.5) is 0 Å². The summed E-state index contributed by atoms with van der Waals surface area (Å²) in [5.41, 5.74) is 1.29. The van der Waals surface area contributed by atoms with Crippen molar-refractivity contribution in [2.45, 2.75) is 118 Å². The fourth-order valence-corrected chi connectivity index (χ4v) is 10.1. The third-order valence-electron chi connectivity index (χ3n) is 11.5. The Morgan fingerprint density at radius 2 is 1.57 bits per heavy atom. The highest BCUT2D eigenvalue weighted by molar-refractivity contribution is 5.10. The van der Waals surface area contributed by atoms with E-state index in [0.717, 1.165) is 47.3 Å². The molecule has 0 radical (unpaired) electrons. The molecule has 4 saturated carbocycles. The molecule has 4 aliphatic carbocycles. The Bertz CT molecular complexity index is 589. The van der Waals surface area contributed by atoms with E-state index < -0.39 is 0 Å². The molecule has 0 spiro atoms. The molecule has 0 aromatic heterocycles. The van der Waals surface area contributed by atoms with Gasteiger partial charge in [0.2, 0.25) is 0 Å². The molecule has 4 rings (SSSR count). The van der Waals surface area contributed by atoms with E-state index in [0.29, 0.717) is 10.8 Å². The van der Waals surface area contributed by atoms with Crippen LogP contribution in [0.1, 0.15) is 118 Å². The normalized spacial score (nSPS) is 46.7. The first-order chi connectivity index (χ1) is 14.3. The summed E-state index contributed by atoms with van der Waals surface area (Å²) in [5, 5.41) is 0. The quantitative estimate of drug-likeness (QED) is 0.365. The van der Waals surface area contributed by atoms with Gasteiger partial charge in [0.1, 0.15) is 0 Å². The minimum Gasteiger partial charge on any atom is -0.103 e. The van der Waals surface area contributed by atoms with Gasteiger partial charge in [-0.1, -0.05) is 66.4 Å². The van der Waals surface area contributed by atoms with Crippen molar-refractivity contribution in [3.63, 3.8) is 0 Å². The number of hydrogen-bond donors (Lipinski definition) is 0. The second-order valence-corrected chi connectivity index (χ2v) is 13.3. The van der Waals surface area contributed by atoms with Crippen molar-refractivity contribution in [2.24, 2.45) is 58.2 Å². The molecule has 0 aliphatic heterocycles. The van der Waals surface area contributed by atoms with Gasteiger partial charge in [-0.25, -0.2) is 0 Å². The van der Waals surface area contributed by atoms with E-state index in [1.807, 2.05) is 0 Å². The number of rotatable bonds is 7. The van der Waals surface area contributed by atoms with Gasteiger partial charge in [-0.2, -0.15) is 0 Å². The molecule has 172 valence electrons. The van der Waals surface area contributed by atoms with Gasteiger partial charge in [0.25, 0.3) is 0 Å². The molecule has 0 nitrogen and oxygen atoms in total. The molecule has 0 amide bonds. The molecule has 0 aromatic rings. The summed E-state index contributed by atoms with van der Waals surface area (Å²) in [7, 11) is 0. The fraction of sp³-hybridized carbons (Fsp3) is 0.933. The molecule has 9 atom stereocenters. The molecule has 0 bridgehead atoms. The van der Waals surface area contributed by atoms with Crippen LogP contribution in [0.3, 0.4) is 0 Å². The van der Waals surface area contributed by atoms with Crippen molar-refractivity contribution >= 4 is 0 Å². The predicted molar refractivity (Wildman–Crippen MR) is 131 cm³/mol. The van der Waals surface area contributed by atoms with E-state index in [9.17, 15) is 0 Å². The molecule has 4 fully saturated rings. The lowest BCUT2D eigenvalue weighted by Crippen LogP contribution is -2.54. The van der Waals surface area contributed by atoms with Gasteiger partial charge >= 0.3 is 0 Å². The number of fused-ring (bicyclic) bond motifs is 5. The van der Waals surface area contributed by atoms with E-state index in [2.05, 4.69) is 47.3 Å². The number of allylic oxidation sites excluding steroid dienone is 1. The smallest absolute Gasteiger partial charge is 0.0264 e. The van der Waals surface area contributed by atoms with Crippen LogP contribution < -0.4 is 0 Å². The zero-order chi connectivity index (χ0) is 21.5. The number of hydrogen-bond acceptors (Lipinski definition) is 0. The minimum atomic E-state index is 0.636. The summed E-state index contributed by atoms with van der Waals surface area (Å²) in [6.07, 6.45) is 21.6. The van der Waals surface area contributed by atoms with Gasteiger partial charge < -0.3 is 0 Å². The van der Waals surface area contributed by atoms with Crippen LogP contribution >= 0.6 is 0 Å². The Morgan fingerprint density at radius 3 is 2.30 bits per heavy atom. The van der Waals surface area contributed by atoms with Crippen molar-refractivity contribution in [3.8, 4) is 0 Å². The monoisotopic (exact) mass is 412 g/mol. The first kappa shape index (κ1) is 22.9. The van der Waals surface area contributed by atoms with Crippen LogP contribution in [0.2, 0.25) is 0 Å². The lowest BCUT2D eigenvalue weighted by Gasteiger charge is -2.62. The maximum Gasteiger partial charge on any atom is -0.0264 e. The standard InChI is InChI=1S/C30H52/c1-7-10-23-13-9-19-29(5)26(23)15-14-24-27-17-16-25(22(4)12-8-11-21(2)3)30(27,6)20-18-28(24)29/h7,21-28H,1,8-20H2,2-6H3/t22-,23?,24+,25-,26?,27+,28+,29+,30-/m1/s1. The fourth-order valence-electron chi connectivity index (χ4n) is 10.1. The lowest BCUT2D eigenvalue weighted by atomic mass is 9.43. The maximum absolute atomic E-state index is 4.10. The van der Waals surface area contributed by atoms with Gasteiger partial charge in [0.15, 0.2) is 0 Å². The second kappa shape index (κ2) is 8.94. The van der Waals surface area contributed by atoms with Gasteiger partial charge in [0.05, 0.1) is 0 Å². The van der Waals surface area contributed by atoms with Crippen LogP contribution in [-0.2, 0) is 0 Å². The largest absolute Gasteiger partial charge is 0.103 e. The van der Waals surface area contributed by atoms with E-state index >= 15 is 0 Å². The van der Waals surface area contributed by atoms with Crippen LogP contribution in [0, 0.1) is 58.2 Å². The van der Waals surface area contributed by atoms with Gasteiger partial charge in [-0.3, -0.25) is 0 Å². The Balaban J connectivity index is 1.47. The van der Waals surface area contributed by atoms with Crippen molar-refractivity contribution in [3.05, 3.63) is 12.7 Å². The third kappa shape index (κ3) is 3.85. The molecular formula is C30H52. The summed E-state index contributed by atoms with van der Waals surface area (Å²) >= 11 is 0. The highest BCUT2D eigenvalue weighted by atomic mass is 14.7. The molecule has 0 heterocycles. The summed E-state index contributed by atoms with van der Waals surface area (Å²) in [6, 6.07) is 0. The van der Waals surface area contributed by atoms with Crippen molar-refractivity contribution in [1.82, 2.24) is 0 Å². The first-order valence-corrected chi connectivity index (χ1v) is 13.9. The average Bonchev–Trinajstić information content (AvgIpc) is 3.05. The van der Waals surface area contributed by atoms with Gasteiger partial charge in [-0.05, 0) is 116 Å². The molecule has 30 heavy (non-hydrogen) atoms. The Kier molecular flexibility index (Phi) is 6.83. The lowest BCUT2D eigenvalue weighted by molar-refractivity contribution is -0.129. The van der Waals surface area contributed by atoms with Crippen LogP contribution in [-0.4, -0.2) is 0 Å². The summed E-state index contributed by atoms with van der Waals surface area (Å²) < 4.78 is 0. The third-order valence-corrected chi connectivity index (χ3v) is 11.5. The van der Waals surface area contributed by atoms with E-state index in [-0.39, 0.29) is 0 Å². The van der Waals surface area contributed by atoms with Crippen molar-refractivity contribution < 1.29 is 0 Å². The zero-order valence-corrected chi connectivity index (χ0v) is 21.1. The van der Waals surface area contributed by atoms with E-state index in [1.54, 1.807) is 19.3 Å². The predicted octanol–water partition coefficient (Wildman–Crippen LogP) is 9.30. The SMILES string of the molecule is C=CCC1CCC[C@@]2(C)C1CC[C@H]1[C@@H]3CC[C@H]([C@H](C)CCCC(C)C)[C@@]3(C)CC[C@@H]12. The summed E-state index contributed by atoms with van der Waals surface area (Å²) in [4.78, 5) is 0. The Morgan fingerprint density at radius 1 is 0.833 bits per heavy atom. The Labute approximate surface area is 189 Å². The topological polar surface area (TPSA) is 0 Å². The molecule has 2 unspecified atom stereocenters. The molecule has 0 aromatic carbocycles. The molecular weight excluding hydrogens is 360 g/mol. The molecule has 0 N–H and O–H groups in total.